The molecule has 1 saturated carbocycles. The highest BCUT2D eigenvalue weighted by Gasteiger charge is 2.48. The molecule has 1 aliphatic carbocycles. The number of hydrogen-bond donors (Lipinski definition) is 1. The number of aryl methyl sites for hydroxylation is 1. The summed E-state index contributed by atoms with van der Waals surface area (Å²) in [5, 5.41) is 0. The van der Waals surface area contributed by atoms with E-state index in [4.69, 9.17) is 5.73 Å². The van der Waals surface area contributed by atoms with Gasteiger partial charge in [-0.3, -0.25) is 4.99 Å². The summed E-state index contributed by atoms with van der Waals surface area (Å²) in [6.07, 6.45) is 4.65. The van der Waals surface area contributed by atoms with Gasteiger partial charge in [0.2, 0.25) is 0 Å². The van der Waals surface area contributed by atoms with E-state index in [1.165, 1.54) is 24.0 Å². The summed E-state index contributed by atoms with van der Waals surface area (Å²) < 4.78 is 0. The standard InChI is InChI=1S/C16H23N3/c1-3-12-5-7-13(8-6-12)16(4-2)11-18-15(17)19(16)14-9-10-14/h5-8,14H,3-4,9-11H2,1-2H3,(H2,17,18). The third kappa shape index (κ3) is 1.92. The summed E-state index contributed by atoms with van der Waals surface area (Å²) in [7, 11) is 0. The summed E-state index contributed by atoms with van der Waals surface area (Å²) in [6.45, 7) is 5.24. The SMILES string of the molecule is CCc1ccc(C2(CC)CN=C(N)N2C2CC2)cc1. The molecule has 1 fully saturated rings. The summed E-state index contributed by atoms with van der Waals surface area (Å²) in [5.74, 6) is 0.740. The molecule has 0 radical (unpaired) electrons. The van der Waals surface area contributed by atoms with Crippen molar-refractivity contribution in [2.24, 2.45) is 10.7 Å². The topological polar surface area (TPSA) is 41.6 Å². The predicted octanol–water partition coefficient (Wildman–Crippen LogP) is 2.65. The van der Waals surface area contributed by atoms with E-state index in [2.05, 4.69) is 48.0 Å². The lowest BCUT2D eigenvalue weighted by molar-refractivity contribution is 0.185. The normalized spacial score (nSPS) is 26.6. The Kier molecular flexibility index (Phi) is 3.00. The maximum Gasteiger partial charge on any atom is 0.192 e. The number of nitrogens with two attached hydrogens (primary N) is 1. The lowest BCUT2D eigenvalue weighted by Crippen LogP contribution is -2.50. The van der Waals surface area contributed by atoms with Crippen molar-refractivity contribution < 1.29 is 0 Å². The fraction of sp³-hybridized carbons (Fsp3) is 0.562. The average Bonchev–Trinajstić information content (AvgIpc) is 3.23. The molecule has 0 aromatic heterocycles. The van der Waals surface area contributed by atoms with Crippen LogP contribution in [-0.4, -0.2) is 23.4 Å². The molecular weight excluding hydrogens is 234 g/mol. The van der Waals surface area contributed by atoms with Gasteiger partial charge in [0.25, 0.3) is 0 Å². The van der Waals surface area contributed by atoms with Gasteiger partial charge in [-0.2, -0.15) is 0 Å². The second-order valence-electron chi connectivity index (χ2n) is 5.71. The monoisotopic (exact) mass is 257 g/mol. The van der Waals surface area contributed by atoms with Gasteiger partial charge >= 0.3 is 0 Å². The first-order valence-corrected chi connectivity index (χ1v) is 7.40. The smallest absolute Gasteiger partial charge is 0.192 e. The summed E-state index contributed by atoms with van der Waals surface area (Å²) in [6, 6.07) is 9.63. The van der Waals surface area contributed by atoms with Gasteiger partial charge in [-0.1, -0.05) is 38.1 Å². The van der Waals surface area contributed by atoms with Gasteiger partial charge < -0.3 is 10.6 Å². The average molecular weight is 257 g/mol. The molecule has 1 heterocycles. The van der Waals surface area contributed by atoms with Crippen molar-refractivity contribution in [3.63, 3.8) is 0 Å². The molecular formula is C16H23N3. The minimum absolute atomic E-state index is 0.00246. The Morgan fingerprint density at radius 3 is 2.47 bits per heavy atom. The summed E-state index contributed by atoms with van der Waals surface area (Å²) in [4.78, 5) is 6.93. The quantitative estimate of drug-likeness (QED) is 0.901. The van der Waals surface area contributed by atoms with E-state index in [-0.39, 0.29) is 5.54 Å². The fourth-order valence-electron chi connectivity index (χ4n) is 3.22. The van der Waals surface area contributed by atoms with Crippen LogP contribution in [0.3, 0.4) is 0 Å². The van der Waals surface area contributed by atoms with Gasteiger partial charge in [0.05, 0.1) is 12.1 Å². The van der Waals surface area contributed by atoms with Gasteiger partial charge in [0.15, 0.2) is 5.96 Å². The molecule has 1 unspecified atom stereocenters. The van der Waals surface area contributed by atoms with Gasteiger partial charge in [-0.25, -0.2) is 0 Å². The van der Waals surface area contributed by atoms with Crippen LogP contribution in [0.5, 0.6) is 0 Å². The molecule has 19 heavy (non-hydrogen) atoms. The first-order chi connectivity index (χ1) is 9.21. The van der Waals surface area contributed by atoms with Crippen LogP contribution in [0.4, 0.5) is 0 Å². The molecule has 1 aromatic rings. The minimum atomic E-state index is -0.00246. The Morgan fingerprint density at radius 1 is 1.26 bits per heavy atom. The minimum Gasteiger partial charge on any atom is -0.370 e. The Morgan fingerprint density at radius 2 is 1.95 bits per heavy atom. The molecule has 3 heteroatoms. The van der Waals surface area contributed by atoms with Crippen molar-refractivity contribution in [3.8, 4) is 0 Å². The van der Waals surface area contributed by atoms with Gasteiger partial charge in [0.1, 0.15) is 0 Å². The highest BCUT2D eigenvalue weighted by molar-refractivity contribution is 5.82. The van der Waals surface area contributed by atoms with Crippen molar-refractivity contribution >= 4 is 5.96 Å². The molecule has 0 bridgehead atoms. The van der Waals surface area contributed by atoms with E-state index in [1.54, 1.807) is 0 Å². The Balaban J connectivity index is 1.98. The molecule has 2 N–H and O–H groups in total. The third-order valence-electron chi connectivity index (χ3n) is 4.61. The van der Waals surface area contributed by atoms with Crippen LogP contribution >= 0.6 is 0 Å². The molecule has 3 nitrogen and oxygen atoms in total. The number of nitrogens with zero attached hydrogens (tertiary/aromatic N) is 2. The van der Waals surface area contributed by atoms with Crippen molar-refractivity contribution in [2.75, 3.05) is 6.54 Å². The van der Waals surface area contributed by atoms with Crippen molar-refractivity contribution in [2.45, 2.75) is 51.1 Å². The maximum absolute atomic E-state index is 6.14. The first-order valence-electron chi connectivity index (χ1n) is 7.40. The maximum atomic E-state index is 6.14. The molecule has 1 aromatic carbocycles. The Hall–Kier alpha value is -1.51. The van der Waals surface area contributed by atoms with Crippen molar-refractivity contribution in [1.29, 1.82) is 0 Å². The number of aliphatic imine (C=N–C) groups is 1. The second-order valence-corrected chi connectivity index (χ2v) is 5.71. The van der Waals surface area contributed by atoms with Crippen molar-refractivity contribution in [1.82, 2.24) is 4.90 Å². The van der Waals surface area contributed by atoms with E-state index in [0.29, 0.717) is 6.04 Å². The van der Waals surface area contributed by atoms with Crippen LogP contribution in [0.15, 0.2) is 29.3 Å². The molecule has 102 valence electrons. The van der Waals surface area contributed by atoms with Gasteiger partial charge in [0, 0.05) is 6.04 Å². The van der Waals surface area contributed by atoms with E-state index < -0.39 is 0 Å². The van der Waals surface area contributed by atoms with Crippen LogP contribution in [0.25, 0.3) is 0 Å². The zero-order chi connectivity index (χ0) is 13.5. The highest BCUT2D eigenvalue weighted by Crippen LogP contribution is 2.43. The number of benzene rings is 1. The zero-order valence-corrected chi connectivity index (χ0v) is 11.9. The van der Waals surface area contributed by atoms with E-state index in [0.717, 1.165) is 25.3 Å². The third-order valence-corrected chi connectivity index (χ3v) is 4.61. The molecule has 3 rings (SSSR count). The highest BCUT2D eigenvalue weighted by atomic mass is 15.4. The molecule has 0 spiro atoms. The first kappa shape index (κ1) is 12.5. The van der Waals surface area contributed by atoms with Crippen LogP contribution in [0.1, 0.15) is 44.2 Å². The summed E-state index contributed by atoms with van der Waals surface area (Å²) in [5.41, 5.74) is 8.89. The lowest BCUT2D eigenvalue weighted by atomic mass is 9.85. The number of hydrogen-bond acceptors (Lipinski definition) is 3. The summed E-state index contributed by atoms with van der Waals surface area (Å²) >= 11 is 0. The largest absolute Gasteiger partial charge is 0.370 e. The van der Waals surface area contributed by atoms with E-state index in [1.807, 2.05) is 0 Å². The Bertz CT molecular complexity index is 487. The molecule has 0 amide bonds. The number of guanidine groups is 1. The fourth-order valence-corrected chi connectivity index (χ4v) is 3.22. The van der Waals surface area contributed by atoms with Gasteiger partial charge in [-0.15, -0.1) is 0 Å². The molecule has 2 aliphatic rings. The molecule has 1 aliphatic heterocycles. The Labute approximate surface area is 115 Å². The van der Waals surface area contributed by atoms with E-state index in [9.17, 15) is 0 Å². The van der Waals surface area contributed by atoms with Crippen molar-refractivity contribution in [3.05, 3.63) is 35.4 Å². The number of rotatable bonds is 4. The molecule has 0 saturated heterocycles. The van der Waals surface area contributed by atoms with Crippen LogP contribution in [0, 0.1) is 0 Å². The van der Waals surface area contributed by atoms with Gasteiger partial charge in [-0.05, 0) is 36.8 Å². The predicted molar refractivity (Wildman–Crippen MR) is 79.1 cm³/mol. The van der Waals surface area contributed by atoms with Crippen LogP contribution in [0.2, 0.25) is 0 Å². The molecule has 1 atom stereocenters. The zero-order valence-electron chi connectivity index (χ0n) is 11.9. The lowest BCUT2D eigenvalue weighted by Gasteiger charge is -2.39. The van der Waals surface area contributed by atoms with Crippen LogP contribution < -0.4 is 5.73 Å². The van der Waals surface area contributed by atoms with E-state index >= 15 is 0 Å². The van der Waals surface area contributed by atoms with Crippen LogP contribution in [-0.2, 0) is 12.0 Å². The second kappa shape index (κ2) is 4.55.